The van der Waals surface area contributed by atoms with Gasteiger partial charge in [0.1, 0.15) is 30.5 Å². The Morgan fingerprint density at radius 3 is 1.67 bits per heavy atom. The molecule has 14 heteroatoms. The van der Waals surface area contributed by atoms with Crippen molar-refractivity contribution in [1.29, 1.82) is 0 Å². The van der Waals surface area contributed by atoms with Gasteiger partial charge in [0.25, 0.3) is 0 Å². The summed E-state index contributed by atoms with van der Waals surface area (Å²) in [4.78, 5) is 13.0. The van der Waals surface area contributed by atoms with Crippen LogP contribution in [0.2, 0.25) is 0 Å². The summed E-state index contributed by atoms with van der Waals surface area (Å²) >= 11 is 0. The maximum Gasteiger partial charge on any atom is 0.397 e. The third-order valence-electron chi connectivity index (χ3n) is 10.2. The summed E-state index contributed by atoms with van der Waals surface area (Å²) < 4.78 is 47.3. The number of allylic oxidation sites excluding steroid dienone is 1. The lowest BCUT2D eigenvalue weighted by Gasteiger charge is -2.41. The number of rotatable bonds is 35. The van der Waals surface area contributed by atoms with Crippen LogP contribution in [0.5, 0.6) is 0 Å². The standard InChI is InChI=1S/C40H77NO12S/c1-3-5-7-9-11-13-15-17-19-21-23-25-27-29-34(44)39(47)41-32(33(43)28-26-24-22-20-18-16-14-12-10-8-6-4-2)31-51-40-37(46)38(53-54(48,49)50)36(45)35(30-42)52-40/h26,28,32-38,40,42-46H,3-25,27,29-31H2,1-2H3,(H,41,47)(H,48,49,50)/b28-26+. The van der Waals surface area contributed by atoms with Gasteiger partial charge in [0.15, 0.2) is 6.29 Å². The number of aliphatic hydroxyl groups is 5. The molecule has 1 aliphatic rings. The fraction of sp³-hybridized carbons (Fsp3) is 0.925. The molecule has 1 aliphatic heterocycles. The maximum absolute atomic E-state index is 13.0. The highest BCUT2D eigenvalue weighted by atomic mass is 32.3. The molecule has 8 atom stereocenters. The molecule has 0 saturated carbocycles. The van der Waals surface area contributed by atoms with Crippen molar-refractivity contribution in [1.82, 2.24) is 5.32 Å². The minimum absolute atomic E-state index is 0.247. The molecule has 0 aromatic heterocycles. The highest BCUT2D eigenvalue weighted by Crippen LogP contribution is 2.26. The molecule has 0 aromatic rings. The van der Waals surface area contributed by atoms with Crippen molar-refractivity contribution in [2.24, 2.45) is 0 Å². The predicted molar refractivity (Wildman–Crippen MR) is 210 cm³/mol. The molecule has 7 N–H and O–H groups in total. The minimum atomic E-state index is -5.11. The zero-order chi connectivity index (χ0) is 40.0. The third kappa shape index (κ3) is 24.4. The summed E-state index contributed by atoms with van der Waals surface area (Å²) in [7, 11) is -5.11. The van der Waals surface area contributed by atoms with Gasteiger partial charge >= 0.3 is 10.4 Å². The van der Waals surface area contributed by atoms with E-state index in [9.17, 15) is 38.7 Å². The molecule has 1 saturated heterocycles. The number of carbonyl (C=O) groups excluding carboxylic acids is 1. The Balaban J connectivity index is 2.65. The average Bonchev–Trinajstić information content (AvgIpc) is 3.14. The van der Waals surface area contributed by atoms with Crippen LogP contribution in [0.25, 0.3) is 0 Å². The Kier molecular flexibility index (Phi) is 30.0. The second kappa shape index (κ2) is 31.8. The molecular formula is C40H77NO12S. The second-order valence-electron chi connectivity index (χ2n) is 15.1. The average molecular weight is 796 g/mol. The van der Waals surface area contributed by atoms with Crippen molar-refractivity contribution < 1.29 is 57.0 Å². The van der Waals surface area contributed by atoms with Crippen LogP contribution in [0, 0.1) is 0 Å². The van der Waals surface area contributed by atoms with Gasteiger partial charge in [-0.05, 0) is 19.3 Å². The predicted octanol–water partition coefficient (Wildman–Crippen LogP) is 6.19. The fourth-order valence-corrected chi connectivity index (χ4v) is 7.26. The lowest BCUT2D eigenvalue weighted by atomic mass is 9.99. The smallest absolute Gasteiger partial charge is 0.394 e. The van der Waals surface area contributed by atoms with Crippen molar-refractivity contribution >= 4 is 16.3 Å². The van der Waals surface area contributed by atoms with Crippen molar-refractivity contribution in [2.75, 3.05) is 13.2 Å². The summed E-state index contributed by atoms with van der Waals surface area (Å²) in [5.41, 5.74) is 0. The molecule has 1 fully saturated rings. The zero-order valence-corrected chi connectivity index (χ0v) is 34.2. The molecule has 0 radical (unpaired) electrons. The van der Waals surface area contributed by atoms with E-state index in [1.165, 1.54) is 109 Å². The number of hydrogen-bond donors (Lipinski definition) is 7. The SMILES string of the molecule is CCCCCCCCCCCC/C=C/C(O)C(COC1OC(CO)C(O)C(OS(=O)(=O)O)C1O)NC(=O)C(O)CCCCCCCCCCCCCCC. The highest BCUT2D eigenvalue weighted by Gasteiger charge is 2.48. The van der Waals surface area contributed by atoms with Gasteiger partial charge < -0.3 is 40.3 Å². The van der Waals surface area contributed by atoms with E-state index >= 15 is 0 Å². The Morgan fingerprint density at radius 1 is 0.741 bits per heavy atom. The van der Waals surface area contributed by atoms with Crippen LogP contribution in [0.1, 0.15) is 174 Å². The van der Waals surface area contributed by atoms with Gasteiger partial charge in [-0.2, -0.15) is 8.42 Å². The molecule has 320 valence electrons. The number of amides is 1. The fourth-order valence-electron chi connectivity index (χ4n) is 6.75. The Morgan fingerprint density at radius 2 is 1.20 bits per heavy atom. The number of hydrogen-bond acceptors (Lipinski definition) is 11. The van der Waals surface area contributed by atoms with Crippen LogP contribution >= 0.6 is 0 Å². The third-order valence-corrected chi connectivity index (χ3v) is 10.6. The lowest BCUT2D eigenvalue weighted by Crippen LogP contribution is -2.61. The number of ether oxygens (including phenoxy) is 2. The first-order valence-electron chi connectivity index (χ1n) is 21.2. The molecule has 0 spiro atoms. The van der Waals surface area contributed by atoms with Crippen LogP contribution in [-0.4, -0.2) is 107 Å². The Labute approximate surface area is 326 Å². The van der Waals surface area contributed by atoms with Crippen LogP contribution in [0.15, 0.2) is 12.2 Å². The van der Waals surface area contributed by atoms with E-state index in [0.717, 1.165) is 38.5 Å². The molecule has 1 rings (SSSR count). The molecular weight excluding hydrogens is 719 g/mol. The monoisotopic (exact) mass is 796 g/mol. The van der Waals surface area contributed by atoms with E-state index in [1.807, 2.05) is 6.08 Å². The van der Waals surface area contributed by atoms with Crippen LogP contribution < -0.4 is 5.32 Å². The van der Waals surface area contributed by atoms with E-state index in [4.69, 9.17) is 14.0 Å². The van der Waals surface area contributed by atoms with E-state index in [1.54, 1.807) is 0 Å². The van der Waals surface area contributed by atoms with Gasteiger partial charge in [0, 0.05) is 0 Å². The van der Waals surface area contributed by atoms with E-state index in [-0.39, 0.29) is 6.42 Å². The molecule has 13 nitrogen and oxygen atoms in total. The van der Waals surface area contributed by atoms with Gasteiger partial charge in [-0.3, -0.25) is 9.35 Å². The van der Waals surface area contributed by atoms with Crippen molar-refractivity contribution in [2.45, 2.75) is 223 Å². The van der Waals surface area contributed by atoms with Gasteiger partial charge in [-0.25, -0.2) is 4.18 Å². The number of unbranched alkanes of at least 4 members (excludes halogenated alkanes) is 22. The van der Waals surface area contributed by atoms with Gasteiger partial charge in [0.2, 0.25) is 5.91 Å². The van der Waals surface area contributed by atoms with E-state index in [2.05, 4.69) is 23.3 Å². The topological polar surface area (TPSA) is 212 Å². The summed E-state index contributed by atoms with van der Waals surface area (Å²) in [5.74, 6) is -0.703. The largest absolute Gasteiger partial charge is 0.397 e. The van der Waals surface area contributed by atoms with Crippen molar-refractivity contribution in [3.8, 4) is 0 Å². The maximum atomic E-state index is 13.0. The van der Waals surface area contributed by atoms with Gasteiger partial charge in [-0.15, -0.1) is 0 Å². The highest BCUT2D eigenvalue weighted by molar-refractivity contribution is 7.80. The summed E-state index contributed by atoms with van der Waals surface area (Å²) in [6, 6.07) is -1.11. The zero-order valence-electron chi connectivity index (χ0n) is 33.4. The first kappa shape index (κ1) is 50.8. The Bertz CT molecular complexity index is 1050. The molecule has 1 heterocycles. The molecule has 1 amide bonds. The first-order valence-corrected chi connectivity index (χ1v) is 22.5. The Hall–Kier alpha value is -1.20. The first-order chi connectivity index (χ1) is 25.9. The van der Waals surface area contributed by atoms with Gasteiger partial charge in [-0.1, -0.05) is 167 Å². The summed E-state index contributed by atoms with van der Waals surface area (Å²) in [6.07, 6.45) is 20.2. The van der Waals surface area contributed by atoms with E-state index in [0.29, 0.717) is 12.8 Å². The lowest BCUT2D eigenvalue weighted by molar-refractivity contribution is -0.298. The number of carbonyl (C=O) groups is 1. The van der Waals surface area contributed by atoms with Crippen LogP contribution in [-0.2, 0) is 28.9 Å². The molecule has 0 aliphatic carbocycles. The van der Waals surface area contributed by atoms with Crippen LogP contribution in [0.4, 0.5) is 0 Å². The van der Waals surface area contributed by atoms with Crippen LogP contribution in [0.3, 0.4) is 0 Å². The number of nitrogens with one attached hydrogen (secondary N) is 1. The summed E-state index contributed by atoms with van der Waals surface area (Å²) in [5, 5.41) is 55.0. The molecule has 0 bridgehead atoms. The van der Waals surface area contributed by atoms with Crippen molar-refractivity contribution in [3.63, 3.8) is 0 Å². The normalized spacial score (nSPS) is 22.4. The summed E-state index contributed by atoms with van der Waals surface area (Å²) in [6.45, 7) is 3.18. The van der Waals surface area contributed by atoms with Crippen molar-refractivity contribution in [3.05, 3.63) is 12.2 Å². The molecule has 54 heavy (non-hydrogen) atoms. The van der Waals surface area contributed by atoms with Gasteiger partial charge in [0.05, 0.1) is 25.4 Å². The number of aliphatic hydroxyl groups excluding tert-OH is 5. The quantitative estimate of drug-likeness (QED) is 0.0218. The minimum Gasteiger partial charge on any atom is -0.394 e. The molecule has 0 aromatic carbocycles. The second-order valence-corrected chi connectivity index (χ2v) is 16.1. The molecule has 8 unspecified atom stereocenters. The van der Waals surface area contributed by atoms with E-state index < -0.39 is 78.5 Å².